The Bertz CT molecular complexity index is 763. The molecule has 0 heterocycles. The van der Waals surface area contributed by atoms with E-state index in [0.29, 0.717) is 6.61 Å². The molecule has 136 valence electrons. The molecule has 1 saturated carbocycles. The summed E-state index contributed by atoms with van der Waals surface area (Å²) < 4.78 is 5.62. The molecular formula is C22H25NO3. The van der Waals surface area contributed by atoms with Gasteiger partial charge in [0, 0.05) is 11.5 Å². The van der Waals surface area contributed by atoms with Gasteiger partial charge in [0.2, 0.25) is 0 Å². The van der Waals surface area contributed by atoms with Crippen LogP contribution in [0.1, 0.15) is 49.7 Å². The number of carbonyl (C=O) groups excluding carboxylic acids is 1. The maximum atomic E-state index is 12.4. The Hall–Kier alpha value is -2.33. The molecule has 0 aliphatic heterocycles. The van der Waals surface area contributed by atoms with Gasteiger partial charge >= 0.3 is 6.09 Å². The summed E-state index contributed by atoms with van der Waals surface area (Å²) in [5, 5.41) is 12.7. The second kappa shape index (κ2) is 6.76. The van der Waals surface area contributed by atoms with E-state index < -0.39 is 0 Å². The first kappa shape index (κ1) is 17.1. The van der Waals surface area contributed by atoms with E-state index in [1.54, 1.807) is 0 Å². The molecular weight excluding hydrogens is 326 g/mol. The van der Waals surface area contributed by atoms with Gasteiger partial charge in [-0.15, -0.1) is 0 Å². The van der Waals surface area contributed by atoms with Crippen molar-refractivity contribution in [1.29, 1.82) is 0 Å². The highest BCUT2D eigenvalue weighted by Gasteiger charge is 2.33. The van der Waals surface area contributed by atoms with Gasteiger partial charge < -0.3 is 15.2 Å². The van der Waals surface area contributed by atoms with E-state index in [-0.39, 0.29) is 23.7 Å². The van der Waals surface area contributed by atoms with E-state index in [1.165, 1.54) is 22.3 Å². The number of aliphatic hydroxyl groups is 1. The van der Waals surface area contributed by atoms with E-state index in [9.17, 15) is 9.90 Å². The van der Waals surface area contributed by atoms with Crippen LogP contribution < -0.4 is 5.32 Å². The number of fused-ring (bicyclic) bond motifs is 3. The summed E-state index contributed by atoms with van der Waals surface area (Å²) in [5.41, 5.74) is 4.60. The van der Waals surface area contributed by atoms with Crippen LogP contribution in [0.2, 0.25) is 0 Å². The van der Waals surface area contributed by atoms with Crippen molar-refractivity contribution >= 4 is 6.09 Å². The van der Waals surface area contributed by atoms with E-state index in [0.717, 1.165) is 25.7 Å². The highest BCUT2D eigenvalue weighted by Crippen LogP contribution is 2.44. The Morgan fingerprint density at radius 1 is 1.08 bits per heavy atom. The van der Waals surface area contributed by atoms with Crippen molar-refractivity contribution < 1.29 is 14.6 Å². The lowest BCUT2D eigenvalue weighted by molar-refractivity contribution is 0.0798. The van der Waals surface area contributed by atoms with Gasteiger partial charge in [-0.25, -0.2) is 4.79 Å². The van der Waals surface area contributed by atoms with E-state index in [1.807, 2.05) is 31.2 Å². The van der Waals surface area contributed by atoms with Crippen molar-refractivity contribution in [1.82, 2.24) is 5.32 Å². The van der Waals surface area contributed by atoms with Gasteiger partial charge in [0.25, 0.3) is 0 Å². The third kappa shape index (κ3) is 3.21. The number of benzene rings is 2. The molecule has 4 nitrogen and oxygen atoms in total. The average molecular weight is 351 g/mol. The average Bonchev–Trinajstić information content (AvgIpc) is 2.97. The van der Waals surface area contributed by atoms with Crippen molar-refractivity contribution in [2.45, 2.75) is 50.2 Å². The van der Waals surface area contributed by atoms with Crippen LogP contribution in [-0.2, 0) is 4.74 Å². The van der Waals surface area contributed by atoms with Crippen LogP contribution in [0.15, 0.2) is 48.5 Å². The normalized spacial score (nSPS) is 24.6. The molecule has 2 aliphatic rings. The molecule has 0 spiro atoms. The quantitative estimate of drug-likeness (QED) is 0.870. The van der Waals surface area contributed by atoms with Gasteiger partial charge in [-0.3, -0.25) is 0 Å². The fraction of sp³-hybridized carbons (Fsp3) is 0.409. The number of ether oxygens (including phenoxy) is 1. The van der Waals surface area contributed by atoms with E-state index >= 15 is 0 Å². The van der Waals surface area contributed by atoms with Crippen LogP contribution in [0.3, 0.4) is 0 Å². The molecule has 1 fully saturated rings. The van der Waals surface area contributed by atoms with Crippen LogP contribution in [0.5, 0.6) is 0 Å². The van der Waals surface area contributed by atoms with E-state index in [2.05, 4.69) is 29.6 Å². The third-order valence-electron chi connectivity index (χ3n) is 5.81. The minimum Gasteiger partial charge on any atom is -0.449 e. The van der Waals surface area contributed by atoms with Gasteiger partial charge in [-0.05, 0) is 54.9 Å². The summed E-state index contributed by atoms with van der Waals surface area (Å²) >= 11 is 0. The molecule has 0 radical (unpaired) electrons. The molecule has 0 bridgehead atoms. The van der Waals surface area contributed by atoms with Crippen molar-refractivity contribution in [3.05, 3.63) is 59.7 Å². The minimum absolute atomic E-state index is 0.0779. The summed E-state index contributed by atoms with van der Waals surface area (Å²) in [4.78, 5) is 12.4. The molecule has 4 heteroatoms. The molecule has 0 atom stereocenters. The van der Waals surface area contributed by atoms with Gasteiger partial charge in [0.1, 0.15) is 6.61 Å². The summed E-state index contributed by atoms with van der Waals surface area (Å²) in [6.07, 6.45) is 2.38. The molecule has 0 aromatic heterocycles. The van der Waals surface area contributed by atoms with Crippen LogP contribution in [0.4, 0.5) is 4.79 Å². The first-order valence-corrected chi connectivity index (χ1v) is 9.37. The SMILES string of the molecule is CC1(NC(=O)OCC2c3ccccc3-c3ccccc32)CCC(O)CC1. The second-order valence-electron chi connectivity index (χ2n) is 7.74. The number of nitrogens with one attached hydrogen (secondary N) is 1. The second-order valence-corrected chi connectivity index (χ2v) is 7.74. The zero-order valence-electron chi connectivity index (χ0n) is 15.1. The van der Waals surface area contributed by atoms with Gasteiger partial charge in [-0.1, -0.05) is 48.5 Å². The standard InChI is InChI=1S/C22H25NO3/c1-22(12-10-15(24)11-13-22)23-21(25)26-14-20-18-8-4-2-6-16(18)17-7-3-5-9-19(17)20/h2-9,15,20,24H,10-14H2,1H3,(H,23,25). The number of alkyl carbamates (subject to hydrolysis) is 1. The van der Waals surface area contributed by atoms with Crippen LogP contribution in [0.25, 0.3) is 11.1 Å². The van der Waals surface area contributed by atoms with Crippen molar-refractivity contribution in [2.75, 3.05) is 6.61 Å². The molecule has 2 aromatic rings. The summed E-state index contributed by atoms with van der Waals surface area (Å²) in [6.45, 7) is 2.36. The van der Waals surface area contributed by atoms with Gasteiger partial charge in [-0.2, -0.15) is 0 Å². The Morgan fingerprint density at radius 3 is 2.19 bits per heavy atom. The third-order valence-corrected chi connectivity index (χ3v) is 5.81. The number of hydrogen-bond donors (Lipinski definition) is 2. The van der Waals surface area contributed by atoms with Crippen LogP contribution in [0, 0.1) is 0 Å². The topological polar surface area (TPSA) is 58.6 Å². The number of aliphatic hydroxyl groups excluding tert-OH is 1. The highest BCUT2D eigenvalue weighted by molar-refractivity contribution is 5.79. The van der Waals surface area contributed by atoms with Crippen molar-refractivity contribution in [3.8, 4) is 11.1 Å². The van der Waals surface area contributed by atoms with E-state index in [4.69, 9.17) is 4.74 Å². The first-order chi connectivity index (χ1) is 12.6. The lowest BCUT2D eigenvalue weighted by atomic mass is 9.82. The summed E-state index contributed by atoms with van der Waals surface area (Å²) in [7, 11) is 0. The van der Waals surface area contributed by atoms with Crippen LogP contribution >= 0.6 is 0 Å². The lowest BCUT2D eigenvalue weighted by Gasteiger charge is -2.36. The highest BCUT2D eigenvalue weighted by atomic mass is 16.5. The van der Waals surface area contributed by atoms with Crippen molar-refractivity contribution in [3.63, 3.8) is 0 Å². The number of hydrogen-bond acceptors (Lipinski definition) is 3. The molecule has 26 heavy (non-hydrogen) atoms. The zero-order valence-corrected chi connectivity index (χ0v) is 15.1. The maximum Gasteiger partial charge on any atom is 0.407 e. The van der Waals surface area contributed by atoms with Crippen LogP contribution in [-0.4, -0.2) is 29.4 Å². The predicted molar refractivity (Wildman–Crippen MR) is 101 cm³/mol. The molecule has 1 amide bonds. The molecule has 2 aliphatic carbocycles. The predicted octanol–water partition coefficient (Wildman–Crippen LogP) is 4.22. The fourth-order valence-corrected chi connectivity index (χ4v) is 4.25. The molecule has 0 saturated heterocycles. The van der Waals surface area contributed by atoms with Crippen molar-refractivity contribution in [2.24, 2.45) is 0 Å². The smallest absolute Gasteiger partial charge is 0.407 e. The molecule has 0 unspecified atom stereocenters. The molecule has 2 N–H and O–H groups in total. The number of carbonyl (C=O) groups is 1. The maximum absolute atomic E-state index is 12.4. The lowest BCUT2D eigenvalue weighted by Crippen LogP contribution is -2.49. The fourth-order valence-electron chi connectivity index (χ4n) is 4.25. The zero-order chi connectivity index (χ0) is 18.1. The number of amides is 1. The Balaban J connectivity index is 1.44. The molecule has 4 rings (SSSR count). The monoisotopic (exact) mass is 351 g/mol. The minimum atomic E-state index is -0.370. The van der Waals surface area contributed by atoms with Gasteiger partial charge in [0.05, 0.1) is 6.10 Å². The number of rotatable bonds is 3. The van der Waals surface area contributed by atoms with Gasteiger partial charge in [0.15, 0.2) is 0 Å². The largest absolute Gasteiger partial charge is 0.449 e. The Kier molecular flexibility index (Phi) is 4.45. The Labute approximate surface area is 154 Å². The first-order valence-electron chi connectivity index (χ1n) is 9.37. The molecule has 2 aromatic carbocycles. The summed E-state index contributed by atoms with van der Waals surface area (Å²) in [6, 6.07) is 16.6. The summed E-state index contributed by atoms with van der Waals surface area (Å²) in [5.74, 6) is 0.0779. The Morgan fingerprint density at radius 2 is 1.62 bits per heavy atom.